The van der Waals surface area contributed by atoms with Crippen LogP contribution >= 0.6 is 0 Å². The average molecular weight is 212 g/mol. The summed E-state index contributed by atoms with van der Waals surface area (Å²) < 4.78 is 0. The summed E-state index contributed by atoms with van der Waals surface area (Å²) in [6.07, 6.45) is 0.714. The SMILES string of the molecule is CC(C)(N)CC(C)(C)C(=O)N1CC1(C)C. The van der Waals surface area contributed by atoms with Crippen LogP contribution in [0, 0.1) is 5.41 Å². The van der Waals surface area contributed by atoms with E-state index in [1.54, 1.807) is 0 Å². The molecule has 0 aromatic rings. The molecule has 1 amide bonds. The number of carbonyl (C=O) groups excluding carboxylic acids is 1. The normalized spacial score (nSPS) is 20.3. The quantitative estimate of drug-likeness (QED) is 0.725. The van der Waals surface area contributed by atoms with Gasteiger partial charge in [-0.05, 0) is 34.1 Å². The predicted octanol–water partition coefficient (Wildman–Crippen LogP) is 1.76. The third-order valence-corrected chi connectivity index (χ3v) is 2.89. The van der Waals surface area contributed by atoms with E-state index in [1.165, 1.54) is 0 Å². The van der Waals surface area contributed by atoms with Gasteiger partial charge in [-0.2, -0.15) is 0 Å². The lowest BCUT2D eigenvalue weighted by atomic mass is 9.79. The van der Waals surface area contributed by atoms with E-state index in [1.807, 2.05) is 32.6 Å². The van der Waals surface area contributed by atoms with Crippen LogP contribution in [0.4, 0.5) is 0 Å². The van der Waals surface area contributed by atoms with Crippen molar-refractivity contribution in [1.82, 2.24) is 4.90 Å². The van der Waals surface area contributed by atoms with Crippen LogP contribution in [-0.4, -0.2) is 28.4 Å². The first-order valence-electron chi connectivity index (χ1n) is 5.57. The van der Waals surface area contributed by atoms with Crippen LogP contribution in [-0.2, 0) is 4.79 Å². The second-order valence-electron chi connectivity index (χ2n) is 6.75. The molecular weight excluding hydrogens is 188 g/mol. The second kappa shape index (κ2) is 3.21. The molecule has 88 valence electrons. The number of amides is 1. The Hall–Kier alpha value is -0.570. The zero-order valence-electron chi connectivity index (χ0n) is 10.8. The third-order valence-electron chi connectivity index (χ3n) is 2.89. The lowest BCUT2D eigenvalue weighted by Crippen LogP contribution is -2.43. The summed E-state index contributed by atoms with van der Waals surface area (Å²) in [6, 6.07) is 0. The highest BCUT2D eigenvalue weighted by atomic mass is 16.2. The third kappa shape index (κ3) is 2.94. The molecule has 0 bridgehead atoms. The molecule has 3 heteroatoms. The Balaban J connectivity index is 2.67. The molecule has 0 spiro atoms. The summed E-state index contributed by atoms with van der Waals surface area (Å²) in [4.78, 5) is 14.1. The van der Waals surface area contributed by atoms with Gasteiger partial charge in [-0.1, -0.05) is 13.8 Å². The molecule has 2 N–H and O–H groups in total. The van der Waals surface area contributed by atoms with Gasteiger partial charge < -0.3 is 10.6 Å². The fraction of sp³-hybridized carbons (Fsp3) is 0.917. The number of hydrogen-bond acceptors (Lipinski definition) is 2. The Labute approximate surface area is 93.0 Å². The molecular formula is C12H24N2O. The van der Waals surface area contributed by atoms with Gasteiger partial charge in [0.2, 0.25) is 5.91 Å². The molecule has 1 aliphatic rings. The highest BCUT2D eigenvalue weighted by molar-refractivity contribution is 5.85. The number of hydrogen-bond donors (Lipinski definition) is 1. The van der Waals surface area contributed by atoms with E-state index >= 15 is 0 Å². The smallest absolute Gasteiger partial charge is 0.228 e. The molecule has 0 atom stereocenters. The maximum atomic E-state index is 12.2. The molecule has 1 saturated heterocycles. The van der Waals surface area contributed by atoms with Gasteiger partial charge in [0.05, 0.1) is 5.54 Å². The van der Waals surface area contributed by atoms with Gasteiger partial charge in [-0.3, -0.25) is 4.79 Å². The van der Waals surface area contributed by atoms with E-state index in [0.717, 1.165) is 6.54 Å². The van der Waals surface area contributed by atoms with Gasteiger partial charge >= 0.3 is 0 Å². The molecule has 1 fully saturated rings. The molecule has 0 aliphatic carbocycles. The van der Waals surface area contributed by atoms with Gasteiger partial charge in [-0.15, -0.1) is 0 Å². The van der Waals surface area contributed by atoms with Gasteiger partial charge in [0.25, 0.3) is 0 Å². The molecule has 0 radical (unpaired) electrons. The van der Waals surface area contributed by atoms with Crippen molar-refractivity contribution in [3.05, 3.63) is 0 Å². The highest BCUT2D eigenvalue weighted by Crippen LogP contribution is 2.38. The van der Waals surface area contributed by atoms with Crippen molar-refractivity contribution in [2.24, 2.45) is 11.1 Å². The fourth-order valence-electron chi connectivity index (χ4n) is 2.28. The van der Waals surface area contributed by atoms with E-state index < -0.39 is 0 Å². The van der Waals surface area contributed by atoms with E-state index in [4.69, 9.17) is 5.73 Å². The van der Waals surface area contributed by atoms with E-state index in [9.17, 15) is 4.79 Å². The molecule has 15 heavy (non-hydrogen) atoms. The second-order valence-corrected chi connectivity index (χ2v) is 6.75. The summed E-state index contributed by atoms with van der Waals surface area (Å²) in [5.74, 6) is 0.228. The molecule has 1 aliphatic heterocycles. The topological polar surface area (TPSA) is 46.1 Å². The monoisotopic (exact) mass is 212 g/mol. The largest absolute Gasteiger partial charge is 0.333 e. The van der Waals surface area contributed by atoms with Crippen molar-refractivity contribution in [3.8, 4) is 0 Å². The van der Waals surface area contributed by atoms with Crippen molar-refractivity contribution < 1.29 is 4.79 Å². The highest BCUT2D eigenvalue weighted by Gasteiger charge is 2.51. The Bertz CT molecular complexity index is 274. The Morgan fingerprint density at radius 2 is 1.73 bits per heavy atom. The van der Waals surface area contributed by atoms with Crippen LogP contribution in [0.3, 0.4) is 0 Å². The number of nitrogens with two attached hydrogens (primary N) is 1. The van der Waals surface area contributed by atoms with E-state index in [0.29, 0.717) is 6.42 Å². The Morgan fingerprint density at radius 1 is 1.33 bits per heavy atom. The van der Waals surface area contributed by atoms with Crippen LogP contribution in [0.1, 0.15) is 48.0 Å². The zero-order chi connectivity index (χ0) is 12.1. The van der Waals surface area contributed by atoms with Gasteiger partial charge in [0.1, 0.15) is 0 Å². The van der Waals surface area contributed by atoms with Crippen LogP contribution in [0.15, 0.2) is 0 Å². The molecule has 0 aromatic carbocycles. The van der Waals surface area contributed by atoms with Crippen molar-refractivity contribution in [3.63, 3.8) is 0 Å². The summed E-state index contributed by atoms with van der Waals surface area (Å²) in [5.41, 5.74) is 5.39. The van der Waals surface area contributed by atoms with Crippen molar-refractivity contribution in [2.45, 2.75) is 59.0 Å². The Morgan fingerprint density at radius 3 is 2.00 bits per heavy atom. The number of nitrogens with zero attached hydrogens (tertiary/aromatic N) is 1. The van der Waals surface area contributed by atoms with Crippen molar-refractivity contribution in [2.75, 3.05) is 6.54 Å². The molecule has 1 heterocycles. The van der Waals surface area contributed by atoms with Crippen LogP contribution < -0.4 is 5.73 Å². The maximum absolute atomic E-state index is 12.2. The van der Waals surface area contributed by atoms with Crippen molar-refractivity contribution >= 4 is 5.91 Å². The lowest BCUT2D eigenvalue weighted by molar-refractivity contribution is -0.136. The van der Waals surface area contributed by atoms with Crippen LogP contribution in [0.25, 0.3) is 0 Å². The first-order chi connectivity index (χ1) is 6.46. The summed E-state index contributed by atoms with van der Waals surface area (Å²) >= 11 is 0. The summed E-state index contributed by atoms with van der Waals surface area (Å²) in [6.45, 7) is 13.0. The minimum absolute atomic E-state index is 0.0626. The molecule has 1 rings (SSSR count). The minimum atomic E-state index is -0.355. The molecule has 3 nitrogen and oxygen atoms in total. The minimum Gasteiger partial charge on any atom is -0.333 e. The maximum Gasteiger partial charge on any atom is 0.228 e. The van der Waals surface area contributed by atoms with E-state index in [2.05, 4.69) is 13.8 Å². The predicted molar refractivity (Wildman–Crippen MR) is 62.5 cm³/mol. The molecule has 0 unspecified atom stereocenters. The van der Waals surface area contributed by atoms with Gasteiger partial charge in [0, 0.05) is 17.5 Å². The Kier molecular flexibility index (Phi) is 2.67. The summed E-state index contributed by atoms with van der Waals surface area (Å²) in [5, 5.41) is 0. The average Bonchev–Trinajstić information content (AvgIpc) is 2.52. The molecule has 0 aromatic heterocycles. The van der Waals surface area contributed by atoms with E-state index in [-0.39, 0.29) is 22.4 Å². The van der Waals surface area contributed by atoms with Crippen molar-refractivity contribution in [1.29, 1.82) is 0 Å². The van der Waals surface area contributed by atoms with Gasteiger partial charge in [0.15, 0.2) is 0 Å². The molecule has 0 saturated carbocycles. The number of rotatable bonds is 3. The lowest BCUT2D eigenvalue weighted by Gasteiger charge is -2.31. The van der Waals surface area contributed by atoms with Crippen LogP contribution in [0.2, 0.25) is 0 Å². The number of carbonyl (C=O) groups is 1. The zero-order valence-corrected chi connectivity index (χ0v) is 10.8. The standard InChI is InChI=1S/C12H24N2O/c1-10(2,7-11(3,4)13)9(15)14-8-12(14,5)6/h7-8,13H2,1-6H3. The fourth-order valence-corrected chi connectivity index (χ4v) is 2.28. The van der Waals surface area contributed by atoms with Gasteiger partial charge in [-0.25, -0.2) is 0 Å². The first kappa shape index (κ1) is 12.5. The summed E-state index contributed by atoms with van der Waals surface area (Å²) in [7, 11) is 0. The van der Waals surface area contributed by atoms with Crippen LogP contribution in [0.5, 0.6) is 0 Å². The first-order valence-corrected chi connectivity index (χ1v) is 5.57.